The van der Waals surface area contributed by atoms with Gasteiger partial charge in [-0.15, -0.1) is 0 Å². The van der Waals surface area contributed by atoms with Crippen LogP contribution in [0.25, 0.3) is 0 Å². The lowest BCUT2D eigenvalue weighted by Crippen LogP contribution is -2.21. The summed E-state index contributed by atoms with van der Waals surface area (Å²) in [7, 11) is 0. The average Bonchev–Trinajstić information content (AvgIpc) is 2.74. The van der Waals surface area contributed by atoms with Crippen LogP contribution < -0.4 is 16.0 Å². The first-order valence-electron chi connectivity index (χ1n) is 9.23. The minimum absolute atomic E-state index is 0.245. The van der Waals surface area contributed by atoms with Crippen molar-refractivity contribution in [3.63, 3.8) is 0 Å². The summed E-state index contributed by atoms with van der Waals surface area (Å²) in [5.74, 6) is -2.36. The van der Waals surface area contributed by atoms with E-state index in [1.54, 1.807) is 0 Å². The molecule has 0 bridgehead atoms. The monoisotopic (exact) mass is 486 g/mol. The molecule has 0 aliphatic rings. The molecule has 3 aromatic rings. The fraction of sp³-hybridized carbons (Fsp3) is 0.0952. The summed E-state index contributed by atoms with van der Waals surface area (Å²) in [6, 6.07) is 7.11. The van der Waals surface area contributed by atoms with Crippen molar-refractivity contribution in [3.8, 4) is 0 Å². The zero-order chi connectivity index (χ0) is 25.1. The van der Waals surface area contributed by atoms with Gasteiger partial charge in [0.2, 0.25) is 5.95 Å². The van der Waals surface area contributed by atoms with E-state index in [-0.39, 0.29) is 11.4 Å². The Balaban J connectivity index is 1.79. The van der Waals surface area contributed by atoms with E-state index in [2.05, 4.69) is 15.6 Å². The number of urea groups is 1. The number of hydrogen-bond donors (Lipinski definition) is 3. The second-order valence-electron chi connectivity index (χ2n) is 6.71. The minimum atomic E-state index is -4.98. The summed E-state index contributed by atoms with van der Waals surface area (Å²) >= 11 is 0. The lowest BCUT2D eigenvalue weighted by Gasteiger charge is -2.16. The smallest absolute Gasteiger partial charge is 0.321 e. The highest BCUT2D eigenvalue weighted by Crippen LogP contribution is 2.37. The number of carbonyl (C=O) groups excluding carboxylic acids is 2. The van der Waals surface area contributed by atoms with E-state index in [0.717, 1.165) is 42.6 Å². The van der Waals surface area contributed by atoms with Crippen LogP contribution in [-0.2, 0) is 12.4 Å². The highest BCUT2D eigenvalue weighted by molar-refractivity contribution is 6.05. The predicted octanol–water partition coefficient (Wildman–Crippen LogP) is 6.15. The number of amides is 3. The Morgan fingerprint density at radius 3 is 2.06 bits per heavy atom. The van der Waals surface area contributed by atoms with Crippen molar-refractivity contribution in [2.45, 2.75) is 12.4 Å². The third-order valence-electron chi connectivity index (χ3n) is 4.28. The molecule has 0 saturated carbocycles. The van der Waals surface area contributed by atoms with E-state index in [1.165, 1.54) is 6.07 Å². The molecule has 34 heavy (non-hydrogen) atoms. The van der Waals surface area contributed by atoms with Crippen LogP contribution in [0.5, 0.6) is 0 Å². The number of pyridine rings is 1. The van der Waals surface area contributed by atoms with Gasteiger partial charge < -0.3 is 16.0 Å². The molecule has 0 aliphatic carbocycles. The largest absolute Gasteiger partial charge is 0.418 e. The van der Waals surface area contributed by atoms with Crippen molar-refractivity contribution >= 4 is 29.0 Å². The van der Waals surface area contributed by atoms with Crippen LogP contribution in [0.2, 0.25) is 0 Å². The zero-order valence-corrected chi connectivity index (χ0v) is 16.7. The molecule has 0 atom stereocenters. The summed E-state index contributed by atoms with van der Waals surface area (Å²) in [6.07, 6.45) is -8.59. The predicted molar refractivity (Wildman–Crippen MR) is 108 cm³/mol. The molecule has 0 unspecified atom stereocenters. The van der Waals surface area contributed by atoms with E-state index in [0.29, 0.717) is 12.1 Å². The van der Waals surface area contributed by atoms with Crippen LogP contribution in [0.15, 0.2) is 60.8 Å². The molecule has 0 saturated heterocycles. The number of carbonyl (C=O) groups is 2. The number of nitrogens with one attached hydrogen (secondary N) is 3. The van der Waals surface area contributed by atoms with Gasteiger partial charge in [0.15, 0.2) is 0 Å². The van der Waals surface area contributed by atoms with E-state index in [4.69, 9.17) is 0 Å². The molecule has 0 aliphatic heterocycles. The normalized spacial score (nSPS) is 11.6. The van der Waals surface area contributed by atoms with Gasteiger partial charge in [-0.05, 0) is 48.5 Å². The molecule has 1 aromatic heterocycles. The Bertz CT molecular complexity index is 1230. The van der Waals surface area contributed by atoms with Crippen molar-refractivity contribution in [2.75, 3.05) is 16.0 Å². The third-order valence-corrected chi connectivity index (χ3v) is 4.28. The van der Waals surface area contributed by atoms with Gasteiger partial charge in [-0.3, -0.25) is 4.79 Å². The van der Waals surface area contributed by atoms with Crippen LogP contribution in [-0.4, -0.2) is 16.9 Å². The molecule has 1 heterocycles. The Labute approximate surface area is 186 Å². The molecule has 2 aromatic carbocycles. The molecule has 0 fully saturated rings. The third kappa shape index (κ3) is 5.99. The van der Waals surface area contributed by atoms with Gasteiger partial charge in [0.05, 0.1) is 22.4 Å². The van der Waals surface area contributed by atoms with Crippen molar-refractivity contribution in [1.29, 1.82) is 0 Å². The maximum absolute atomic E-state index is 13.6. The number of benzene rings is 2. The van der Waals surface area contributed by atoms with E-state index in [9.17, 15) is 40.3 Å². The molecule has 6 nitrogen and oxygen atoms in total. The molecular weight excluding hydrogens is 473 g/mol. The fourth-order valence-corrected chi connectivity index (χ4v) is 2.78. The number of aromatic nitrogens is 1. The topological polar surface area (TPSA) is 83.1 Å². The Hall–Kier alpha value is -4.16. The molecule has 0 spiro atoms. The summed E-state index contributed by atoms with van der Waals surface area (Å²) in [6.45, 7) is 0. The molecule has 3 N–H and O–H groups in total. The van der Waals surface area contributed by atoms with Crippen LogP contribution in [0.1, 0.15) is 21.5 Å². The zero-order valence-electron chi connectivity index (χ0n) is 16.7. The summed E-state index contributed by atoms with van der Waals surface area (Å²) in [4.78, 5) is 27.5. The molecule has 0 radical (unpaired) electrons. The number of rotatable bonds is 4. The minimum Gasteiger partial charge on any atom is -0.321 e. The lowest BCUT2D eigenvalue weighted by molar-refractivity contribution is -0.138. The van der Waals surface area contributed by atoms with E-state index in [1.807, 2.05) is 5.32 Å². The Kier molecular flexibility index (Phi) is 6.75. The average molecular weight is 486 g/mol. The number of halogens is 7. The standard InChI is InChI=1S/C21H13F7N4O2/c22-17-14(5-2-8-29-17)18(33)32-16-7-6-13(10-15(16)21(26,27)28)31-19(34)30-12-4-1-3-11(9-12)20(23,24)25/h1-10H,(H,32,33)(H2,30,31,34). The van der Waals surface area contributed by atoms with Gasteiger partial charge in [0.1, 0.15) is 0 Å². The van der Waals surface area contributed by atoms with Crippen molar-refractivity contribution in [3.05, 3.63) is 83.4 Å². The van der Waals surface area contributed by atoms with Crippen molar-refractivity contribution in [2.24, 2.45) is 0 Å². The number of alkyl halides is 6. The second kappa shape index (κ2) is 9.37. The first-order valence-corrected chi connectivity index (χ1v) is 9.23. The second-order valence-corrected chi connectivity index (χ2v) is 6.71. The van der Waals surface area contributed by atoms with E-state index < -0.39 is 52.6 Å². The molecule has 13 heteroatoms. The number of anilines is 3. The van der Waals surface area contributed by atoms with Crippen LogP contribution in [0, 0.1) is 5.95 Å². The SMILES string of the molecule is O=C(Nc1cccc(C(F)(F)F)c1)Nc1ccc(NC(=O)c2cccnc2F)c(C(F)(F)F)c1. The van der Waals surface area contributed by atoms with Gasteiger partial charge in [-0.25, -0.2) is 9.78 Å². The molecular formula is C21H13F7N4O2. The Morgan fingerprint density at radius 1 is 0.765 bits per heavy atom. The van der Waals surface area contributed by atoms with Crippen LogP contribution in [0.4, 0.5) is 52.6 Å². The molecule has 3 rings (SSSR count). The van der Waals surface area contributed by atoms with Crippen LogP contribution >= 0.6 is 0 Å². The highest BCUT2D eigenvalue weighted by atomic mass is 19.4. The Morgan fingerprint density at radius 2 is 1.44 bits per heavy atom. The highest BCUT2D eigenvalue weighted by Gasteiger charge is 2.35. The van der Waals surface area contributed by atoms with Gasteiger partial charge in [0, 0.05) is 17.6 Å². The first-order chi connectivity index (χ1) is 15.8. The van der Waals surface area contributed by atoms with Gasteiger partial charge in [-0.2, -0.15) is 30.7 Å². The first kappa shape index (κ1) is 24.5. The van der Waals surface area contributed by atoms with Gasteiger partial charge in [0.25, 0.3) is 5.91 Å². The fourth-order valence-electron chi connectivity index (χ4n) is 2.78. The van der Waals surface area contributed by atoms with Crippen LogP contribution in [0.3, 0.4) is 0 Å². The molecule has 178 valence electrons. The lowest BCUT2D eigenvalue weighted by atomic mass is 10.1. The maximum Gasteiger partial charge on any atom is 0.418 e. The summed E-state index contributed by atoms with van der Waals surface area (Å²) in [5, 5.41) is 6.10. The van der Waals surface area contributed by atoms with Crippen molar-refractivity contribution < 1.29 is 40.3 Å². The quantitative estimate of drug-likeness (QED) is 0.305. The van der Waals surface area contributed by atoms with Crippen molar-refractivity contribution in [1.82, 2.24) is 4.98 Å². The number of hydrogen-bond acceptors (Lipinski definition) is 3. The maximum atomic E-state index is 13.6. The molecule has 3 amide bonds. The van der Waals surface area contributed by atoms with E-state index >= 15 is 0 Å². The summed E-state index contributed by atoms with van der Waals surface area (Å²) in [5.41, 5.74) is -4.31. The van der Waals surface area contributed by atoms with Gasteiger partial charge in [-0.1, -0.05) is 6.07 Å². The summed E-state index contributed by atoms with van der Waals surface area (Å²) < 4.78 is 92.6. The van der Waals surface area contributed by atoms with Gasteiger partial charge >= 0.3 is 18.4 Å². The number of nitrogens with zero attached hydrogens (tertiary/aromatic N) is 1.